The van der Waals surface area contributed by atoms with Gasteiger partial charge in [0.15, 0.2) is 0 Å². The Morgan fingerprint density at radius 3 is 2.75 bits per heavy atom. The van der Waals surface area contributed by atoms with Gasteiger partial charge in [0, 0.05) is 12.6 Å². The van der Waals surface area contributed by atoms with Crippen molar-refractivity contribution >= 4 is 6.09 Å². The van der Waals surface area contributed by atoms with Crippen LogP contribution in [0.5, 0.6) is 0 Å². The third-order valence-electron chi connectivity index (χ3n) is 2.76. The number of hydrogen-bond donors (Lipinski definition) is 1. The molecule has 1 rings (SSSR count). The molecule has 1 saturated heterocycles. The molecule has 2 atom stereocenters. The SMILES string of the molecule is CC(C)COC(=O)N1CCCC1CC(C)O. The molecule has 4 heteroatoms. The van der Waals surface area contributed by atoms with Crippen molar-refractivity contribution in [2.45, 2.75) is 52.2 Å². The Balaban J connectivity index is 2.41. The lowest BCUT2D eigenvalue weighted by atomic mass is 10.1. The molecule has 1 N–H and O–H groups in total. The molecule has 1 aliphatic rings. The summed E-state index contributed by atoms with van der Waals surface area (Å²) < 4.78 is 5.20. The summed E-state index contributed by atoms with van der Waals surface area (Å²) in [5.74, 6) is 0.363. The maximum atomic E-state index is 11.8. The van der Waals surface area contributed by atoms with Gasteiger partial charge >= 0.3 is 6.09 Å². The van der Waals surface area contributed by atoms with E-state index in [1.165, 1.54) is 0 Å². The van der Waals surface area contributed by atoms with E-state index in [0.29, 0.717) is 18.9 Å². The van der Waals surface area contributed by atoms with Crippen LogP contribution in [-0.2, 0) is 4.74 Å². The smallest absolute Gasteiger partial charge is 0.410 e. The van der Waals surface area contributed by atoms with Gasteiger partial charge < -0.3 is 14.7 Å². The Bertz CT molecular complexity index is 228. The Morgan fingerprint density at radius 2 is 2.19 bits per heavy atom. The third-order valence-corrected chi connectivity index (χ3v) is 2.76. The van der Waals surface area contributed by atoms with Crippen molar-refractivity contribution in [1.29, 1.82) is 0 Å². The molecule has 0 spiro atoms. The van der Waals surface area contributed by atoms with Crippen LogP contribution in [0.3, 0.4) is 0 Å². The first-order valence-electron chi connectivity index (χ1n) is 6.12. The van der Waals surface area contributed by atoms with Crippen LogP contribution in [-0.4, -0.2) is 41.4 Å². The summed E-state index contributed by atoms with van der Waals surface area (Å²) in [6, 6.07) is 0.152. The molecule has 1 heterocycles. The average molecular weight is 229 g/mol. The molecule has 94 valence electrons. The highest BCUT2D eigenvalue weighted by atomic mass is 16.6. The minimum atomic E-state index is -0.358. The maximum Gasteiger partial charge on any atom is 0.410 e. The van der Waals surface area contributed by atoms with Crippen molar-refractivity contribution in [2.24, 2.45) is 5.92 Å². The molecule has 4 nitrogen and oxygen atoms in total. The number of aliphatic hydroxyl groups excluding tert-OH is 1. The molecule has 0 aliphatic carbocycles. The Hall–Kier alpha value is -0.770. The maximum absolute atomic E-state index is 11.8. The second-order valence-electron chi connectivity index (χ2n) is 5.04. The molecule has 16 heavy (non-hydrogen) atoms. The highest BCUT2D eigenvalue weighted by molar-refractivity contribution is 5.68. The van der Waals surface area contributed by atoms with Crippen LogP contribution in [0.4, 0.5) is 4.79 Å². The number of hydrogen-bond acceptors (Lipinski definition) is 3. The first-order valence-corrected chi connectivity index (χ1v) is 6.12. The highest BCUT2D eigenvalue weighted by Crippen LogP contribution is 2.22. The van der Waals surface area contributed by atoms with E-state index in [1.807, 2.05) is 13.8 Å². The average Bonchev–Trinajstić information content (AvgIpc) is 2.61. The van der Waals surface area contributed by atoms with E-state index < -0.39 is 0 Å². The zero-order valence-electron chi connectivity index (χ0n) is 10.5. The zero-order valence-corrected chi connectivity index (χ0v) is 10.5. The number of nitrogens with zero attached hydrogens (tertiary/aromatic N) is 1. The molecule has 0 aromatic carbocycles. The van der Waals surface area contributed by atoms with Gasteiger partial charge in [-0.05, 0) is 32.1 Å². The lowest BCUT2D eigenvalue weighted by Gasteiger charge is -2.25. The Kier molecular flexibility index (Phi) is 5.06. The Labute approximate surface area is 97.6 Å². The van der Waals surface area contributed by atoms with E-state index in [2.05, 4.69) is 0 Å². The molecule has 0 aromatic rings. The predicted molar refractivity (Wildman–Crippen MR) is 62.2 cm³/mol. The quantitative estimate of drug-likeness (QED) is 0.802. The number of rotatable bonds is 4. The summed E-state index contributed by atoms with van der Waals surface area (Å²) in [5.41, 5.74) is 0. The van der Waals surface area contributed by atoms with Crippen molar-refractivity contribution in [3.63, 3.8) is 0 Å². The summed E-state index contributed by atoms with van der Waals surface area (Å²) in [6.45, 7) is 7.02. The molecule has 2 unspecified atom stereocenters. The lowest BCUT2D eigenvalue weighted by molar-refractivity contribution is 0.0766. The monoisotopic (exact) mass is 229 g/mol. The number of carbonyl (C=O) groups is 1. The van der Waals surface area contributed by atoms with E-state index in [1.54, 1.807) is 11.8 Å². The molecule has 0 aromatic heterocycles. The molecule has 0 radical (unpaired) electrons. The molecular weight excluding hydrogens is 206 g/mol. The van der Waals surface area contributed by atoms with Crippen molar-refractivity contribution in [3.8, 4) is 0 Å². The van der Waals surface area contributed by atoms with Crippen LogP contribution >= 0.6 is 0 Å². The fourth-order valence-corrected chi connectivity index (χ4v) is 2.04. The number of likely N-dealkylation sites (tertiary alicyclic amines) is 1. The van der Waals surface area contributed by atoms with Crippen molar-refractivity contribution in [2.75, 3.05) is 13.2 Å². The molecule has 0 saturated carbocycles. The second kappa shape index (κ2) is 6.09. The van der Waals surface area contributed by atoms with Crippen molar-refractivity contribution < 1.29 is 14.6 Å². The summed E-state index contributed by atoms with van der Waals surface area (Å²) in [5, 5.41) is 9.35. The van der Waals surface area contributed by atoms with E-state index in [-0.39, 0.29) is 18.2 Å². The molecule has 0 bridgehead atoms. The van der Waals surface area contributed by atoms with Gasteiger partial charge in [-0.2, -0.15) is 0 Å². The van der Waals surface area contributed by atoms with Gasteiger partial charge in [-0.15, -0.1) is 0 Å². The van der Waals surface area contributed by atoms with Gasteiger partial charge in [-0.3, -0.25) is 0 Å². The molecular formula is C12H23NO3. The predicted octanol–water partition coefficient (Wildman–Crippen LogP) is 2.01. The first kappa shape index (κ1) is 13.3. The van der Waals surface area contributed by atoms with Crippen LogP contribution < -0.4 is 0 Å². The van der Waals surface area contributed by atoms with Crippen molar-refractivity contribution in [1.82, 2.24) is 4.90 Å². The van der Waals surface area contributed by atoms with Crippen LogP contribution in [0.2, 0.25) is 0 Å². The van der Waals surface area contributed by atoms with E-state index in [4.69, 9.17) is 4.74 Å². The topological polar surface area (TPSA) is 49.8 Å². The molecule has 1 amide bonds. The standard InChI is InChI=1S/C12H23NO3/c1-9(2)8-16-12(15)13-6-4-5-11(13)7-10(3)14/h9-11,14H,4-8H2,1-3H3. The lowest BCUT2D eigenvalue weighted by Crippen LogP contribution is -2.38. The van der Waals surface area contributed by atoms with Crippen LogP contribution in [0.15, 0.2) is 0 Å². The highest BCUT2D eigenvalue weighted by Gasteiger charge is 2.30. The van der Waals surface area contributed by atoms with Crippen molar-refractivity contribution in [3.05, 3.63) is 0 Å². The molecule has 1 fully saturated rings. The van der Waals surface area contributed by atoms with Gasteiger partial charge in [-0.25, -0.2) is 4.79 Å². The first-order chi connectivity index (χ1) is 7.50. The van der Waals surface area contributed by atoms with E-state index in [9.17, 15) is 9.90 Å². The third kappa shape index (κ3) is 4.00. The van der Waals surface area contributed by atoms with Gasteiger partial charge in [0.05, 0.1) is 12.7 Å². The minimum Gasteiger partial charge on any atom is -0.449 e. The van der Waals surface area contributed by atoms with Gasteiger partial charge in [0.2, 0.25) is 0 Å². The summed E-state index contributed by atoms with van der Waals surface area (Å²) in [4.78, 5) is 13.5. The van der Waals surface area contributed by atoms with Gasteiger partial charge in [0.25, 0.3) is 0 Å². The minimum absolute atomic E-state index is 0.152. The zero-order chi connectivity index (χ0) is 12.1. The summed E-state index contributed by atoms with van der Waals surface area (Å²) in [6.07, 6.45) is 2.05. The van der Waals surface area contributed by atoms with E-state index in [0.717, 1.165) is 19.4 Å². The summed E-state index contributed by atoms with van der Waals surface area (Å²) in [7, 11) is 0. The van der Waals surface area contributed by atoms with Crippen LogP contribution in [0, 0.1) is 5.92 Å². The van der Waals surface area contributed by atoms with Crippen LogP contribution in [0.25, 0.3) is 0 Å². The number of carbonyl (C=O) groups excluding carboxylic acids is 1. The summed E-state index contributed by atoms with van der Waals surface area (Å²) >= 11 is 0. The Morgan fingerprint density at radius 1 is 1.50 bits per heavy atom. The second-order valence-corrected chi connectivity index (χ2v) is 5.04. The fraction of sp³-hybridized carbons (Fsp3) is 0.917. The fourth-order valence-electron chi connectivity index (χ4n) is 2.04. The number of ether oxygens (including phenoxy) is 1. The number of amides is 1. The van der Waals surface area contributed by atoms with Gasteiger partial charge in [-0.1, -0.05) is 13.8 Å². The molecule has 1 aliphatic heterocycles. The largest absolute Gasteiger partial charge is 0.449 e. The van der Waals surface area contributed by atoms with Gasteiger partial charge in [0.1, 0.15) is 0 Å². The normalized spacial score (nSPS) is 22.6. The van der Waals surface area contributed by atoms with Crippen LogP contribution in [0.1, 0.15) is 40.0 Å². The van der Waals surface area contributed by atoms with E-state index >= 15 is 0 Å². The number of aliphatic hydroxyl groups is 1.